The molecule has 0 unspecified atom stereocenters. The predicted molar refractivity (Wildman–Crippen MR) is 96.1 cm³/mol. The van der Waals surface area contributed by atoms with E-state index >= 15 is 0 Å². The van der Waals surface area contributed by atoms with Gasteiger partial charge in [0.1, 0.15) is 5.02 Å². The summed E-state index contributed by atoms with van der Waals surface area (Å²) in [6.45, 7) is 0. The summed E-state index contributed by atoms with van der Waals surface area (Å²) in [4.78, 5) is 12.5. The maximum absolute atomic E-state index is 12.5. The third-order valence-corrected chi connectivity index (χ3v) is 4.34. The van der Waals surface area contributed by atoms with Crippen LogP contribution in [0.2, 0.25) is 15.1 Å². The predicted octanol–water partition coefficient (Wildman–Crippen LogP) is 5.44. The van der Waals surface area contributed by atoms with E-state index in [1.807, 2.05) is 0 Å². The molecule has 0 N–H and O–H groups in total. The first-order valence-electron chi connectivity index (χ1n) is 6.80. The standard InChI is InChI=1S/C17H11Cl3O4/c1-22-12-4-3-8(5-13(12)23-2)16-14(20)15(21)10-6-9(18)7-11(19)17(10)24-16/h3-7H,1-2H3. The largest absolute Gasteiger partial charge is 0.493 e. The zero-order valence-electron chi connectivity index (χ0n) is 12.7. The second-order valence-corrected chi connectivity index (χ2v) is 6.13. The number of ether oxygens (including phenoxy) is 2. The average molecular weight is 386 g/mol. The van der Waals surface area contributed by atoms with Crippen molar-refractivity contribution in [2.75, 3.05) is 14.2 Å². The molecule has 0 fully saturated rings. The van der Waals surface area contributed by atoms with Gasteiger partial charge in [-0.2, -0.15) is 0 Å². The van der Waals surface area contributed by atoms with Crippen LogP contribution in [0.15, 0.2) is 39.5 Å². The molecule has 1 aromatic heterocycles. The van der Waals surface area contributed by atoms with Gasteiger partial charge in [-0.25, -0.2) is 0 Å². The van der Waals surface area contributed by atoms with Crippen molar-refractivity contribution >= 4 is 45.8 Å². The molecule has 0 radical (unpaired) electrons. The van der Waals surface area contributed by atoms with Gasteiger partial charge in [-0.1, -0.05) is 34.8 Å². The van der Waals surface area contributed by atoms with Gasteiger partial charge < -0.3 is 13.9 Å². The van der Waals surface area contributed by atoms with Crippen LogP contribution in [0.25, 0.3) is 22.3 Å². The second kappa shape index (κ2) is 6.55. The molecule has 0 bridgehead atoms. The van der Waals surface area contributed by atoms with Crippen molar-refractivity contribution in [1.29, 1.82) is 0 Å². The Morgan fingerprint density at radius 3 is 2.33 bits per heavy atom. The number of fused-ring (bicyclic) bond motifs is 1. The molecule has 0 amide bonds. The lowest BCUT2D eigenvalue weighted by molar-refractivity contribution is 0.355. The SMILES string of the molecule is COc1ccc(-c2oc3c(Cl)cc(Cl)cc3c(=O)c2Cl)cc1OC. The lowest BCUT2D eigenvalue weighted by Crippen LogP contribution is -2.04. The van der Waals surface area contributed by atoms with Crippen LogP contribution in [0.4, 0.5) is 0 Å². The summed E-state index contributed by atoms with van der Waals surface area (Å²) in [6, 6.07) is 8.04. The zero-order valence-corrected chi connectivity index (χ0v) is 14.9. The second-order valence-electron chi connectivity index (χ2n) is 4.91. The van der Waals surface area contributed by atoms with Crippen molar-refractivity contribution in [3.8, 4) is 22.8 Å². The first kappa shape index (κ1) is 17.0. The Kier molecular flexibility index (Phi) is 4.63. The molecule has 0 atom stereocenters. The Morgan fingerprint density at radius 2 is 1.67 bits per heavy atom. The van der Waals surface area contributed by atoms with Gasteiger partial charge in [-0.05, 0) is 30.3 Å². The van der Waals surface area contributed by atoms with Gasteiger partial charge in [0.15, 0.2) is 22.8 Å². The molecule has 0 aliphatic heterocycles. The molecular weight excluding hydrogens is 375 g/mol. The Morgan fingerprint density at radius 1 is 0.958 bits per heavy atom. The van der Waals surface area contributed by atoms with Crippen molar-refractivity contribution in [3.05, 3.63) is 55.6 Å². The highest BCUT2D eigenvalue weighted by molar-refractivity contribution is 6.38. The van der Waals surface area contributed by atoms with E-state index in [0.717, 1.165) is 0 Å². The van der Waals surface area contributed by atoms with Crippen molar-refractivity contribution in [2.24, 2.45) is 0 Å². The molecular formula is C17H11Cl3O4. The number of hydrogen-bond donors (Lipinski definition) is 0. The van der Waals surface area contributed by atoms with Crippen molar-refractivity contribution in [3.63, 3.8) is 0 Å². The Hall–Kier alpha value is -1.88. The van der Waals surface area contributed by atoms with E-state index < -0.39 is 5.43 Å². The fourth-order valence-electron chi connectivity index (χ4n) is 2.36. The highest BCUT2D eigenvalue weighted by Gasteiger charge is 2.18. The van der Waals surface area contributed by atoms with Crippen LogP contribution in [0.1, 0.15) is 0 Å². The molecule has 4 nitrogen and oxygen atoms in total. The van der Waals surface area contributed by atoms with E-state index in [1.54, 1.807) is 18.2 Å². The van der Waals surface area contributed by atoms with Gasteiger partial charge in [0.05, 0.1) is 24.6 Å². The summed E-state index contributed by atoms with van der Waals surface area (Å²) < 4.78 is 16.3. The first-order valence-corrected chi connectivity index (χ1v) is 7.93. The number of hydrogen-bond acceptors (Lipinski definition) is 4. The van der Waals surface area contributed by atoms with E-state index in [4.69, 9.17) is 48.7 Å². The van der Waals surface area contributed by atoms with Crippen LogP contribution in [-0.4, -0.2) is 14.2 Å². The van der Waals surface area contributed by atoms with Crippen LogP contribution < -0.4 is 14.9 Å². The van der Waals surface area contributed by atoms with Crippen LogP contribution >= 0.6 is 34.8 Å². The van der Waals surface area contributed by atoms with Crippen LogP contribution in [-0.2, 0) is 0 Å². The Bertz CT molecular complexity index is 995. The maximum atomic E-state index is 12.5. The van der Waals surface area contributed by atoms with Crippen molar-refractivity contribution < 1.29 is 13.9 Å². The van der Waals surface area contributed by atoms with E-state index in [0.29, 0.717) is 22.1 Å². The smallest absolute Gasteiger partial charge is 0.212 e. The molecule has 3 rings (SSSR count). The third kappa shape index (κ3) is 2.81. The summed E-state index contributed by atoms with van der Waals surface area (Å²) in [7, 11) is 3.04. The number of rotatable bonds is 3. The fraction of sp³-hybridized carbons (Fsp3) is 0.118. The van der Waals surface area contributed by atoms with Gasteiger partial charge in [0.2, 0.25) is 5.43 Å². The monoisotopic (exact) mass is 384 g/mol. The molecule has 0 saturated carbocycles. The maximum Gasteiger partial charge on any atom is 0.212 e. The minimum atomic E-state index is -0.410. The minimum absolute atomic E-state index is 0.0620. The van der Waals surface area contributed by atoms with E-state index in [9.17, 15) is 4.79 Å². The quantitative estimate of drug-likeness (QED) is 0.602. The molecule has 1 heterocycles. The zero-order chi connectivity index (χ0) is 17.4. The van der Waals surface area contributed by atoms with E-state index in [-0.39, 0.29) is 26.8 Å². The number of methoxy groups -OCH3 is 2. The molecule has 3 aromatic rings. The normalized spacial score (nSPS) is 10.9. The summed E-state index contributed by atoms with van der Waals surface area (Å²) >= 11 is 18.3. The van der Waals surface area contributed by atoms with Crippen LogP contribution in [0, 0.1) is 0 Å². The van der Waals surface area contributed by atoms with E-state index in [1.165, 1.54) is 26.4 Å². The van der Waals surface area contributed by atoms with E-state index in [2.05, 4.69) is 0 Å². The highest BCUT2D eigenvalue weighted by atomic mass is 35.5. The summed E-state index contributed by atoms with van der Waals surface area (Å²) in [5.41, 5.74) is 0.370. The summed E-state index contributed by atoms with van der Waals surface area (Å²) in [6.07, 6.45) is 0. The van der Waals surface area contributed by atoms with Gasteiger partial charge in [-0.3, -0.25) is 4.79 Å². The number of benzene rings is 2. The molecule has 2 aromatic carbocycles. The highest BCUT2D eigenvalue weighted by Crippen LogP contribution is 2.37. The summed E-state index contributed by atoms with van der Waals surface area (Å²) in [5, 5.41) is 0.720. The minimum Gasteiger partial charge on any atom is -0.493 e. The first-order chi connectivity index (χ1) is 11.5. The molecule has 0 aliphatic rings. The molecule has 24 heavy (non-hydrogen) atoms. The van der Waals surface area contributed by atoms with Crippen LogP contribution in [0.3, 0.4) is 0 Å². The van der Waals surface area contributed by atoms with Crippen molar-refractivity contribution in [1.82, 2.24) is 0 Å². The lowest BCUT2D eigenvalue weighted by Gasteiger charge is -2.11. The molecule has 0 saturated heterocycles. The van der Waals surface area contributed by atoms with Crippen LogP contribution in [0.5, 0.6) is 11.5 Å². The van der Waals surface area contributed by atoms with Crippen molar-refractivity contribution in [2.45, 2.75) is 0 Å². The summed E-state index contributed by atoms with van der Waals surface area (Å²) in [5.74, 6) is 1.22. The third-order valence-electron chi connectivity index (χ3n) is 3.50. The van der Waals surface area contributed by atoms with Gasteiger partial charge in [0, 0.05) is 10.6 Å². The van der Waals surface area contributed by atoms with Gasteiger partial charge in [0.25, 0.3) is 0 Å². The van der Waals surface area contributed by atoms with Gasteiger partial charge >= 0.3 is 0 Å². The molecule has 0 aliphatic carbocycles. The molecule has 124 valence electrons. The lowest BCUT2D eigenvalue weighted by atomic mass is 10.1. The number of halogens is 3. The Balaban J connectivity index is 2.31. The average Bonchev–Trinajstić information content (AvgIpc) is 2.58. The topological polar surface area (TPSA) is 48.7 Å². The van der Waals surface area contributed by atoms with Gasteiger partial charge in [-0.15, -0.1) is 0 Å². The Labute approximate surface area is 152 Å². The molecule has 0 spiro atoms. The molecule has 7 heteroatoms. The fourth-order valence-corrected chi connectivity index (χ4v) is 3.15.